The molecule has 0 unspecified atom stereocenters. The van der Waals surface area contributed by atoms with E-state index >= 15 is 0 Å². The Labute approximate surface area is 88.5 Å². The van der Waals surface area contributed by atoms with Crippen LogP contribution < -0.4 is 0 Å². The van der Waals surface area contributed by atoms with Crippen LogP contribution in [0.15, 0.2) is 0 Å². The van der Waals surface area contributed by atoms with Crippen LogP contribution in [0.5, 0.6) is 0 Å². The van der Waals surface area contributed by atoms with E-state index in [0.717, 1.165) is 0 Å². The molecule has 92 valence electrons. The Balaban J connectivity index is 3.04. The summed E-state index contributed by atoms with van der Waals surface area (Å²) in [5.41, 5.74) is -2.13. The fourth-order valence-corrected chi connectivity index (χ4v) is 1.78. The zero-order chi connectivity index (χ0) is 12.6. The van der Waals surface area contributed by atoms with Gasteiger partial charge in [0, 0.05) is 6.54 Å². The molecular formula is C8H10F3NO4. The van der Waals surface area contributed by atoms with Gasteiger partial charge in [0.2, 0.25) is 0 Å². The van der Waals surface area contributed by atoms with Gasteiger partial charge in [-0.3, -0.25) is 4.79 Å². The summed E-state index contributed by atoms with van der Waals surface area (Å²) in [4.78, 5) is 22.0. The van der Waals surface area contributed by atoms with Crippen LogP contribution >= 0.6 is 0 Å². The number of aliphatic hydroxyl groups is 1. The summed E-state index contributed by atoms with van der Waals surface area (Å²) < 4.78 is 36.5. The van der Waals surface area contributed by atoms with E-state index in [1.165, 1.54) is 0 Å². The largest absolute Gasteiger partial charge is 0.479 e. The third kappa shape index (κ3) is 1.84. The number of rotatable bonds is 2. The summed E-state index contributed by atoms with van der Waals surface area (Å²) in [5, 5.41) is 17.8. The first-order valence-corrected chi connectivity index (χ1v) is 4.49. The molecule has 16 heavy (non-hydrogen) atoms. The second-order valence-corrected chi connectivity index (χ2v) is 3.55. The smallest absolute Gasteiger partial charge is 0.471 e. The Morgan fingerprint density at radius 2 is 1.94 bits per heavy atom. The molecule has 0 radical (unpaired) electrons. The van der Waals surface area contributed by atoms with Crippen molar-refractivity contribution in [1.82, 2.24) is 4.90 Å². The van der Waals surface area contributed by atoms with Crippen LogP contribution in [-0.2, 0) is 9.59 Å². The first kappa shape index (κ1) is 12.8. The Morgan fingerprint density at radius 3 is 2.31 bits per heavy atom. The number of aliphatic carboxylic acids is 1. The van der Waals surface area contributed by atoms with Crippen molar-refractivity contribution in [1.29, 1.82) is 0 Å². The van der Waals surface area contributed by atoms with Crippen molar-refractivity contribution in [2.75, 3.05) is 13.2 Å². The molecule has 5 nitrogen and oxygen atoms in total. The molecule has 0 aliphatic carbocycles. The molecule has 1 saturated heterocycles. The van der Waals surface area contributed by atoms with Crippen molar-refractivity contribution < 1.29 is 33.0 Å². The molecule has 1 heterocycles. The number of aliphatic hydroxyl groups excluding tert-OH is 1. The minimum Gasteiger partial charge on any atom is -0.479 e. The van der Waals surface area contributed by atoms with Crippen molar-refractivity contribution in [3.8, 4) is 0 Å². The van der Waals surface area contributed by atoms with Crippen LogP contribution in [0.2, 0.25) is 0 Å². The fourth-order valence-electron chi connectivity index (χ4n) is 1.78. The molecule has 1 aliphatic heterocycles. The molecule has 2 N–H and O–H groups in total. The Hall–Kier alpha value is -1.31. The van der Waals surface area contributed by atoms with Crippen LogP contribution in [0.25, 0.3) is 0 Å². The minimum atomic E-state index is -5.12. The number of carbonyl (C=O) groups excluding carboxylic acids is 1. The summed E-state index contributed by atoms with van der Waals surface area (Å²) in [7, 11) is 0. The Morgan fingerprint density at radius 1 is 1.38 bits per heavy atom. The van der Waals surface area contributed by atoms with Crippen LogP contribution in [0.3, 0.4) is 0 Å². The van der Waals surface area contributed by atoms with Crippen LogP contribution in [0.4, 0.5) is 13.2 Å². The monoisotopic (exact) mass is 241 g/mol. The molecule has 1 fully saturated rings. The zero-order valence-electron chi connectivity index (χ0n) is 8.12. The number of nitrogens with zero attached hydrogens (tertiary/aromatic N) is 1. The summed E-state index contributed by atoms with van der Waals surface area (Å²) >= 11 is 0. The van der Waals surface area contributed by atoms with Crippen LogP contribution in [-0.4, -0.2) is 51.9 Å². The van der Waals surface area contributed by atoms with Crippen molar-refractivity contribution >= 4 is 11.9 Å². The normalized spacial score (nSPS) is 25.9. The van der Waals surface area contributed by atoms with Gasteiger partial charge in [-0.25, -0.2) is 4.79 Å². The van der Waals surface area contributed by atoms with E-state index < -0.39 is 30.2 Å². The van der Waals surface area contributed by atoms with Crippen molar-refractivity contribution in [3.05, 3.63) is 0 Å². The highest BCUT2D eigenvalue weighted by Gasteiger charge is 2.56. The second-order valence-electron chi connectivity index (χ2n) is 3.55. The lowest BCUT2D eigenvalue weighted by atomic mass is 9.97. The van der Waals surface area contributed by atoms with Gasteiger partial charge in [0.25, 0.3) is 0 Å². The molecule has 0 aromatic rings. The van der Waals surface area contributed by atoms with Crippen molar-refractivity contribution in [2.24, 2.45) is 0 Å². The molecule has 1 rings (SSSR count). The first-order chi connectivity index (χ1) is 7.25. The maximum atomic E-state index is 12.2. The predicted molar refractivity (Wildman–Crippen MR) is 44.5 cm³/mol. The molecule has 1 amide bonds. The van der Waals surface area contributed by atoms with E-state index in [9.17, 15) is 22.8 Å². The molecule has 0 aromatic heterocycles. The highest BCUT2D eigenvalue weighted by molar-refractivity contribution is 5.90. The van der Waals surface area contributed by atoms with E-state index in [2.05, 4.69) is 0 Å². The van der Waals surface area contributed by atoms with E-state index in [1.54, 1.807) is 0 Å². The molecule has 0 saturated carbocycles. The average Bonchev–Trinajstić information content (AvgIpc) is 2.59. The SMILES string of the molecule is O=C(N1CCC[C@]1(CO)C(=O)O)C(F)(F)F. The maximum absolute atomic E-state index is 12.2. The van der Waals surface area contributed by atoms with Gasteiger partial charge in [-0.05, 0) is 12.8 Å². The van der Waals surface area contributed by atoms with Gasteiger partial charge < -0.3 is 15.1 Å². The Kier molecular flexibility index (Phi) is 3.13. The summed E-state index contributed by atoms with van der Waals surface area (Å²) in [6, 6.07) is 0. The number of carboxylic acid groups (broad SMARTS) is 1. The van der Waals surface area contributed by atoms with Crippen LogP contribution in [0.1, 0.15) is 12.8 Å². The lowest BCUT2D eigenvalue weighted by Crippen LogP contribution is -2.58. The van der Waals surface area contributed by atoms with Gasteiger partial charge >= 0.3 is 18.1 Å². The molecule has 8 heteroatoms. The number of likely N-dealkylation sites (tertiary alicyclic amines) is 1. The summed E-state index contributed by atoms with van der Waals surface area (Å²) in [6.07, 6.45) is -5.18. The molecule has 0 spiro atoms. The molecular weight excluding hydrogens is 231 g/mol. The van der Waals surface area contributed by atoms with Gasteiger partial charge in [-0.1, -0.05) is 0 Å². The van der Waals surface area contributed by atoms with Gasteiger partial charge in [0.05, 0.1) is 6.61 Å². The third-order valence-electron chi connectivity index (χ3n) is 2.64. The van der Waals surface area contributed by atoms with Crippen molar-refractivity contribution in [2.45, 2.75) is 24.6 Å². The van der Waals surface area contributed by atoms with Gasteiger partial charge in [-0.2, -0.15) is 13.2 Å². The quantitative estimate of drug-likeness (QED) is 0.712. The van der Waals surface area contributed by atoms with Gasteiger partial charge in [0.15, 0.2) is 5.54 Å². The lowest BCUT2D eigenvalue weighted by molar-refractivity contribution is -0.194. The molecule has 1 aliphatic rings. The lowest BCUT2D eigenvalue weighted by Gasteiger charge is -2.33. The van der Waals surface area contributed by atoms with Crippen molar-refractivity contribution in [3.63, 3.8) is 0 Å². The first-order valence-electron chi connectivity index (χ1n) is 4.49. The number of hydrogen-bond acceptors (Lipinski definition) is 3. The highest BCUT2D eigenvalue weighted by Crippen LogP contribution is 2.33. The fraction of sp³-hybridized carbons (Fsp3) is 0.750. The molecule has 0 aromatic carbocycles. The number of alkyl halides is 3. The summed E-state index contributed by atoms with van der Waals surface area (Å²) in [6.45, 7) is -1.34. The number of hydrogen-bond donors (Lipinski definition) is 2. The van der Waals surface area contributed by atoms with E-state index in [4.69, 9.17) is 10.2 Å². The molecule has 0 bridgehead atoms. The topological polar surface area (TPSA) is 77.8 Å². The average molecular weight is 241 g/mol. The zero-order valence-corrected chi connectivity index (χ0v) is 8.12. The number of carbonyl (C=O) groups is 2. The predicted octanol–water partition coefficient (Wildman–Crippen LogP) is -0.0132. The van der Waals surface area contributed by atoms with E-state index in [1.807, 2.05) is 0 Å². The summed E-state index contributed by atoms with van der Waals surface area (Å²) in [5.74, 6) is -3.84. The van der Waals surface area contributed by atoms with Gasteiger partial charge in [0.1, 0.15) is 0 Å². The highest BCUT2D eigenvalue weighted by atomic mass is 19.4. The third-order valence-corrected chi connectivity index (χ3v) is 2.64. The van der Waals surface area contributed by atoms with Crippen LogP contribution in [0, 0.1) is 0 Å². The van der Waals surface area contributed by atoms with E-state index in [-0.39, 0.29) is 24.3 Å². The standard InChI is InChI=1S/C8H10F3NO4/c9-8(10,11)5(14)12-3-1-2-7(12,4-13)6(15)16/h13H,1-4H2,(H,15,16)/t7-/m0/s1. The van der Waals surface area contributed by atoms with E-state index in [0.29, 0.717) is 0 Å². The maximum Gasteiger partial charge on any atom is 0.471 e. The Bertz CT molecular complexity index is 317. The second kappa shape index (κ2) is 3.93. The number of carboxylic acids is 1. The minimum absolute atomic E-state index is 0.120. The number of amides is 1. The van der Waals surface area contributed by atoms with Gasteiger partial charge in [-0.15, -0.1) is 0 Å². The molecule has 1 atom stereocenters. The number of halogens is 3.